The van der Waals surface area contributed by atoms with Crippen molar-refractivity contribution in [1.82, 2.24) is 20.1 Å². The largest absolute Gasteiger partial charge is 0.309 e. The molecule has 5 heteroatoms. The fourth-order valence-electron chi connectivity index (χ4n) is 2.94. The van der Waals surface area contributed by atoms with Gasteiger partial charge in [0.15, 0.2) is 5.16 Å². The van der Waals surface area contributed by atoms with E-state index in [0.29, 0.717) is 11.3 Å². The number of aryl methyl sites for hydroxylation is 2. The minimum atomic E-state index is 0.391. The summed E-state index contributed by atoms with van der Waals surface area (Å²) in [7, 11) is 2.04. The van der Waals surface area contributed by atoms with Crippen molar-refractivity contribution >= 4 is 11.8 Å². The van der Waals surface area contributed by atoms with Crippen LogP contribution in [-0.4, -0.2) is 26.6 Å². The first kappa shape index (κ1) is 14.6. The van der Waals surface area contributed by atoms with E-state index in [2.05, 4.69) is 51.3 Å². The number of rotatable bonds is 4. The van der Waals surface area contributed by atoms with Crippen LogP contribution >= 0.6 is 11.8 Å². The number of benzene rings is 1. The quantitative estimate of drug-likeness (QED) is 0.943. The molecule has 112 valence electrons. The summed E-state index contributed by atoms with van der Waals surface area (Å²) in [6.45, 7) is 5.15. The van der Waals surface area contributed by atoms with Crippen molar-refractivity contribution < 1.29 is 0 Å². The monoisotopic (exact) mass is 302 g/mol. The second-order valence-electron chi connectivity index (χ2n) is 5.52. The lowest BCUT2D eigenvalue weighted by atomic mass is 9.87. The van der Waals surface area contributed by atoms with Crippen LogP contribution in [0, 0.1) is 6.92 Å². The number of thioether (sulfide) groups is 1. The van der Waals surface area contributed by atoms with Crippen molar-refractivity contribution in [2.45, 2.75) is 43.1 Å². The Bertz CT molecular complexity index is 622. The summed E-state index contributed by atoms with van der Waals surface area (Å²) < 4.78 is 2.08. The summed E-state index contributed by atoms with van der Waals surface area (Å²) in [5, 5.41) is 13.7. The van der Waals surface area contributed by atoms with Crippen molar-refractivity contribution in [3.05, 3.63) is 41.2 Å². The van der Waals surface area contributed by atoms with Gasteiger partial charge in [0.05, 0.1) is 0 Å². The second-order valence-corrected chi connectivity index (χ2v) is 6.72. The van der Waals surface area contributed by atoms with E-state index < -0.39 is 0 Å². The molecule has 1 aromatic heterocycles. The number of hydrogen-bond donors (Lipinski definition) is 1. The highest BCUT2D eigenvalue weighted by atomic mass is 32.2. The molecule has 0 fully saturated rings. The van der Waals surface area contributed by atoms with E-state index in [1.165, 1.54) is 17.5 Å². The van der Waals surface area contributed by atoms with Crippen molar-refractivity contribution in [3.8, 4) is 0 Å². The molecule has 3 rings (SSSR count). The van der Waals surface area contributed by atoms with Crippen LogP contribution in [-0.2, 0) is 13.5 Å². The van der Waals surface area contributed by atoms with Crippen LogP contribution in [0.2, 0.25) is 0 Å². The smallest absolute Gasteiger partial charge is 0.191 e. The second kappa shape index (κ2) is 6.20. The van der Waals surface area contributed by atoms with E-state index in [1.807, 2.05) is 25.7 Å². The maximum absolute atomic E-state index is 4.31. The zero-order valence-corrected chi connectivity index (χ0v) is 13.7. The van der Waals surface area contributed by atoms with E-state index in [-0.39, 0.29) is 0 Å². The maximum atomic E-state index is 4.31. The van der Waals surface area contributed by atoms with Gasteiger partial charge in [-0.1, -0.05) is 43.0 Å². The standard InChI is InChI=1S/C16H22N4S/c1-4-17-15-13-8-6-5-7-12(13)9-10-14(15)21-16-19-18-11(2)20(16)3/h5-8,14-15,17H,4,9-10H2,1-3H3. The molecule has 0 aliphatic heterocycles. The summed E-state index contributed by atoms with van der Waals surface area (Å²) in [6, 6.07) is 9.19. The minimum absolute atomic E-state index is 0.391. The molecule has 0 bridgehead atoms. The Morgan fingerprint density at radius 1 is 1.33 bits per heavy atom. The molecule has 0 saturated heterocycles. The van der Waals surface area contributed by atoms with Crippen molar-refractivity contribution in [2.75, 3.05) is 6.54 Å². The molecule has 2 unspecified atom stereocenters. The van der Waals surface area contributed by atoms with Gasteiger partial charge in [-0.05, 0) is 37.4 Å². The van der Waals surface area contributed by atoms with Gasteiger partial charge >= 0.3 is 0 Å². The van der Waals surface area contributed by atoms with Crippen LogP contribution in [0.1, 0.15) is 36.3 Å². The Morgan fingerprint density at radius 3 is 2.86 bits per heavy atom. The van der Waals surface area contributed by atoms with E-state index in [9.17, 15) is 0 Å². The fraction of sp³-hybridized carbons (Fsp3) is 0.500. The van der Waals surface area contributed by atoms with Gasteiger partial charge in [-0.3, -0.25) is 0 Å². The van der Waals surface area contributed by atoms with E-state index in [0.717, 1.165) is 23.9 Å². The van der Waals surface area contributed by atoms with Gasteiger partial charge in [0.2, 0.25) is 0 Å². The summed E-state index contributed by atoms with van der Waals surface area (Å²) in [5.74, 6) is 0.966. The molecule has 1 heterocycles. The van der Waals surface area contributed by atoms with Gasteiger partial charge in [0.25, 0.3) is 0 Å². The van der Waals surface area contributed by atoms with E-state index in [4.69, 9.17) is 0 Å². The van der Waals surface area contributed by atoms with Crippen molar-refractivity contribution in [1.29, 1.82) is 0 Å². The minimum Gasteiger partial charge on any atom is -0.309 e. The molecule has 1 aliphatic carbocycles. The summed E-state index contributed by atoms with van der Waals surface area (Å²) in [6.07, 6.45) is 2.32. The van der Waals surface area contributed by atoms with Crippen LogP contribution in [0.25, 0.3) is 0 Å². The Labute approximate surface area is 130 Å². The van der Waals surface area contributed by atoms with E-state index >= 15 is 0 Å². The first-order chi connectivity index (χ1) is 10.2. The molecule has 0 saturated carbocycles. The highest BCUT2D eigenvalue weighted by Crippen LogP contribution is 2.39. The van der Waals surface area contributed by atoms with Gasteiger partial charge in [-0.2, -0.15) is 0 Å². The Hall–Kier alpha value is -1.33. The average molecular weight is 302 g/mol. The van der Waals surface area contributed by atoms with Crippen molar-refractivity contribution in [3.63, 3.8) is 0 Å². The average Bonchev–Trinajstić information content (AvgIpc) is 2.82. The number of aromatic nitrogens is 3. The third kappa shape index (κ3) is 2.85. The Morgan fingerprint density at radius 2 is 2.14 bits per heavy atom. The Kier molecular flexibility index (Phi) is 4.31. The number of fused-ring (bicyclic) bond motifs is 1. The number of hydrogen-bond acceptors (Lipinski definition) is 4. The molecule has 1 aromatic carbocycles. The van der Waals surface area contributed by atoms with Gasteiger partial charge in [-0.15, -0.1) is 10.2 Å². The zero-order valence-electron chi connectivity index (χ0n) is 12.8. The lowest BCUT2D eigenvalue weighted by molar-refractivity contribution is 0.483. The normalized spacial score (nSPS) is 21.3. The predicted octanol–water partition coefficient (Wildman–Crippen LogP) is 2.88. The highest BCUT2D eigenvalue weighted by molar-refractivity contribution is 7.99. The molecular weight excluding hydrogens is 280 g/mol. The van der Waals surface area contributed by atoms with Crippen LogP contribution in [0.3, 0.4) is 0 Å². The van der Waals surface area contributed by atoms with Gasteiger partial charge in [-0.25, -0.2) is 0 Å². The van der Waals surface area contributed by atoms with Gasteiger partial charge in [0.1, 0.15) is 5.82 Å². The first-order valence-corrected chi connectivity index (χ1v) is 8.42. The molecule has 1 aliphatic rings. The number of nitrogens with one attached hydrogen (secondary N) is 1. The predicted molar refractivity (Wildman–Crippen MR) is 86.6 cm³/mol. The third-order valence-corrected chi connectivity index (χ3v) is 5.57. The molecule has 0 radical (unpaired) electrons. The topological polar surface area (TPSA) is 42.7 Å². The third-order valence-electron chi connectivity index (χ3n) is 4.19. The molecule has 0 spiro atoms. The lowest BCUT2D eigenvalue weighted by Crippen LogP contribution is -2.34. The van der Waals surface area contributed by atoms with Crippen LogP contribution < -0.4 is 5.32 Å². The van der Waals surface area contributed by atoms with Gasteiger partial charge < -0.3 is 9.88 Å². The molecule has 2 aromatic rings. The number of nitrogens with zero attached hydrogens (tertiary/aromatic N) is 3. The summed E-state index contributed by atoms with van der Waals surface area (Å²) in [4.78, 5) is 0. The van der Waals surface area contributed by atoms with Crippen LogP contribution in [0.4, 0.5) is 0 Å². The SMILES string of the molecule is CCNC1c2ccccc2CCC1Sc1nnc(C)n1C. The fourth-order valence-corrected chi connectivity index (χ4v) is 4.21. The molecular formula is C16H22N4S. The molecule has 4 nitrogen and oxygen atoms in total. The first-order valence-electron chi connectivity index (χ1n) is 7.54. The molecule has 2 atom stereocenters. The van der Waals surface area contributed by atoms with E-state index in [1.54, 1.807) is 0 Å². The summed E-state index contributed by atoms with van der Waals surface area (Å²) in [5.41, 5.74) is 2.93. The highest BCUT2D eigenvalue weighted by Gasteiger charge is 2.30. The summed E-state index contributed by atoms with van der Waals surface area (Å²) >= 11 is 1.85. The van der Waals surface area contributed by atoms with Crippen LogP contribution in [0.15, 0.2) is 29.4 Å². The zero-order chi connectivity index (χ0) is 14.8. The lowest BCUT2D eigenvalue weighted by Gasteiger charge is -2.33. The molecule has 0 amide bonds. The van der Waals surface area contributed by atoms with Crippen molar-refractivity contribution in [2.24, 2.45) is 7.05 Å². The molecule has 1 N–H and O–H groups in total. The van der Waals surface area contributed by atoms with Crippen LogP contribution in [0.5, 0.6) is 0 Å². The Balaban J connectivity index is 1.87. The van der Waals surface area contributed by atoms with Gasteiger partial charge in [0, 0.05) is 18.3 Å². The molecule has 21 heavy (non-hydrogen) atoms. The maximum Gasteiger partial charge on any atom is 0.191 e.